The van der Waals surface area contributed by atoms with E-state index in [2.05, 4.69) is 84.9 Å². The maximum absolute atomic E-state index is 6.65. The fourth-order valence-corrected chi connectivity index (χ4v) is 7.92. The average Bonchev–Trinajstić information content (AvgIpc) is 3.25. The lowest BCUT2D eigenvalue weighted by Gasteiger charge is -2.21. The fraction of sp³-hybridized carbons (Fsp3) is 0.667. The van der Waals surface area contributed by atoms with Crippen LogP contribution in [0, 0.1) is 5.92 Å². The van der Waals surface area contributed by atoms with E-state index in [1.807, 2.05) is 0 Å². The summed E-state index contributed by atoms with van der Waals surface area (Å²) in [6, 6.07) is 13.4. The summed E-state index contributed by atoms with van der Waals surface area (Å²) in [6.45, 7) is 19.8. The number of benzene rings is 4. The number of rotatable bonds is 35. The molecule has 0 fully saturated rings. The van der Waals surface area contributed by atoms with Crippen molar-refractivity contribution in [2.45, 2.75) is 190 Å². The molecule has 0 radical (unpaired) electrons. The molecular weight excluding hydrogens is 745 g/mol. The van der Waals surface area contributed by atoms with Crippen molar-refractivity contribution in [3.63, 3.8) is 0 Å². The zero-order valence-electron chi connectivity index (χ0n) is 39.3. The number of unbranched alkanes of at least 4 members (excludes halogenated alkanes) is 15. The molecular formula is C54H84O6. The van der Waals surface area contributed by atoms with Crippen LogP contribution in [0.25, 0.3) is 32.3 Å². The SMILES string of the molecule is CCCCCCOc1cc2c3cc(OCCCCCC)c(OCCCCCC)cc3c3cc(OCCCC(C)C)c(OCCCCCC)cc3c2cc1OCCCCCC. The van der Waals surface area contributed by atoms with Crippen LogP contribution in [0.3, 0.4) is 0 Å². The van der Waals surface area contributed by atoms with E-state index in [1.54, 1.807) is 0 Å². The molecule has 0 spiro atoms. The first-order chi connectivity index (χ1) is 29.4. The molecule has 0 aliphatic rings. The van der Waals surface area contributed by atoms with E-state index in [0.29, 0.717) is 45.6 Å². The van der Waals surface area contributed by atoms with Gasteiger partial charge in [0.1, 0.15) is 0 Å². The fourth-order valence-electron chi connectivity index (χ4n) is 7.92. The minimum absolute atomic E-state index is 0.631. The average molecular weight is 829 g/mol. The summed E-state index contributed by atoms with van der Waals surface area (Å²) in [5, 5.41) is 6.69. The van der Waals surface area contributed by atoms with E-state index in [-0.39, 0.29) is 0 Å². The van der Waals surface area contributed by atoms with Crippen LogP contribution in [0.2, 0.25) is 0 Å². The minimum atomic E-state index is 0.631. The second-order valence-electron chi connectivity index (χ2n) is 17.5. The van der Waals surface area contributed by atoms with Gasteiger partial charge in [-0.2, -0.15) is 0 Å². The largest absolute Gasteiger partial charge is 0.490 e. The monoisotopic (exact) mass is 829 g/mol. The van der Waals surface area contributed by atoms with Gasteiger partial charge >= 0.3 is 0 Å². The van der Waals surface area contributed by atoms with Crippen LogP contribution >= 0.6 is 0 Å². The first kappa shape index (κ1) is 49.1. The van der Waals surface area contributed by atoms with Crippen molar-refractivity contribution in [2.24, 2.45) is 5.92 Å². The Labute approximate surface area is 365 Å². The Morgan fingerprint density at radius 1 is 0.283 bits per heavy atom. The molecule has 0 amide bonds. The van der Waals surface area contributed by atoms with Crippen molar-refractivity contribution in [1.29, 1.82) is 0 Å². The van der Waals surface area contributed by atoms with Crippen molar-refractivity contribution in [3.8, 4) is 34.5 Å². The maximum Gasteiger partial charge on any atom is 0.161 e. The Morgan fingerprint density at radius 2 is 0.483 bits per heavy atom. The highest BCUT2D eigenvalue weighted by Crippen LogP contribution is 2.47. The lowest BCUT2D eigenvalue weighted by molar-refractivity contribution is 0.256. The van der Waals surface area contributed by atoms with E-state index >= 15 is 0 Å². The van der Waals surface area contributed by atoms with Gasteiger partial charge in [-0.1, -0.05) is 145 Å². The molecule has 336 valence electrons. The summed E-state index contributed by atoms with van der Waals surface area (Å²) >= 11 is 0. The zero-order valence-corrected chi connectivity index (χ0v) is 39.3. The Bertz CT molecular complexity index is 1730. The molecule has 0 atom stereocenters. The van der Waals surface area contributed by atoms with Crippen LogP contribution in [0.4, 0.5) is 0 Å². The van der Waals surface area contributed by atoms with E-state index in [9.17, 15) is 0 Å². The predicted octanol–water partition coefficient (Wildman–Crippen LogP) is 16.8. The highest BCUT2D eigenvalue weighted by molar-refractivity contribution is 6.26. The van der Waals surface area contributed by atoms with Gasteiger partial charge in [-0.25, -0.2) is 0 Å². The van der Waals surface area contributed by atoms with Gasteiger partial charge in [-0.15, -0.1) is 0 Å². The van der Waals surface area contributed by atoms with Gasteiger partial charge in [0.15, 0.2) is 34.5 Å². The number of hydrogen-bond acceptors (Lipinski definition) is 6. The van der Waals surface area contributed by atoms with E-state index in [1.165, 1.54) is 64.2 Å². The second-order valence-corrected chi connectivity index (χ2v) is 17.5. The predicted molar refractivity (Wildman–Crippen MR) is 257 cm³/mol. The van der Waals surface area contributed by atoms with Gasteiger partial charge in [0.05, 0.1) is 39.6 Å². The molecule has 4 aromatic rings. The molecule has 0 aromatic heterocycles. The van der Waals surface area contributed by atoms with Crippen LogP contribution in [0.15, 0.2) is 36.4 Å². The summed E-state index contributed by atoms with van der Waals surface area (Å²) in [5.41, 5.74) is 0. The molecule has 0 aliphatic heterocycles. The Morgan fingerprint density at radius 3 is 0.667 bits per heavy atom. The smallest absolute Gasteiger partial charge is 0.161 e. The number of hydrogen-bond donors (Lipinski definition) is 0. The van der Waals surface area contributed by atoms with Crippen LogP contribution < -0.4 is 28.4 Å². The van der Waals surface area contributed by atoms with Crippen molar-refractivity contribution < 1.29 is 28.4 Å². The Kier molecular flexibility index (Phi) is 23.6. The molecule has 6 nitrogen and oxygen atoms in total. The second kappa shape index (κ2) is 28.9. The molecule has 0 heterocycles. The van der Waals surface area contributed by atoms with Crippen molar-refractivity contribution in [3.05, 3.63) is 36.4 Å². The highest BCUT2D eigenvalue weighted by atomic mass is 16.5. The van der Waals surface area contributed by atoms with Crippen molar-refractivity contribution >= 4 is 32.3 Å². The van der Waals surface area contributed by atoms with Gasteiger partial charge in [0.2, 0.25) is 0 Å². The van der Waals surface area contributed by atoms with E-state index < -0.39 is 0 Å². The third-order valence-corrected chi connectivity index (χ3v) is 11.6. The third-order valence-electron chi connectivity index (χ3n) is 11.6. The molecule has 4 aromatic carbocycles. The number of fused-ring (bicyclic) bond motifs is 6. The maximum atomic E-state index is 6.65. The molecule has 0 N–H and O–H groups in total. The summed E-state index contributed by atoms with van der Waals surface area (Å²) in [7, 11) is 0. The Hall–Kier alpha value is -3.54. The highest BCUT2D eigenvalue weighted by Gasteiger charge is 2.21. The molecule has 0 saturated heterocycles. The third kappa shape index (κ3) is 16.1. The van der Waals surface area contributed by atoms with Gasteiger partial charge in [-0.05, 0) is 120 Å². The molecule has 6 heteroatoms. The lowest BCUT2D eigenvalue weighted by atomic mass is 9.93. The standard InChI is InChI=1S/C54H84O6/c1-8-13-18-23-30-55-49-36-43-44-37-50(56-31-24-19-14-9-2)52(58-33-26-21-16-11-4)39-46(44)48-41-54(60-35-28-29-42(6)7)53(59-34-27-22-17-12-5)40-47(48)45(43)38-51(49)57-32-25-20-15-10-3/h36-42H,8-35H2,1-7H3. The summed E-state index contributed by atoms with van der Waals surface area (Å²) in [4.78, 5) is 0. The number of ether oxygens (including phenoxy) is 6. The molecule has 0 aliphatic carbocycles. The summed E-state index contributed by atoms with van der Waals surface area (Å²) < 4.78 is 39.9. The van der Waals surface area contributed by atoms with Gasteiger partial charge in [-0.3, -0.25) is 0 Å². The summed E-state index contributed by atoms with van der Waals surface area (Å²) in [5.74, 6) is 5.49. The quantitative estimate of drug-likeness (QED) is 0.0340. The first-order valence-corrected chi connectivity index (χ1v) is 24.8. The molecule has 0 unspecified atom stereocenters. The van der Waals surface area contributed by atoms with Crippen LogP contribution in [-0.2, 0) is 0 Å². The van der Waals surface area contributed by atoms with Gasteiger partial charge in [0, 0.05) is 0 Å². The zero-order chi connectivity index (χ0) is 42.8. The molecule has 60 heavy (non-hydrogen) atoms. The van der Waals surface area contributed by atoms with Gasteiger partial charge in [0.25, 0.3) is 0 Å². The van der Waals surface area contributed by atoms with Crippen molar-refractivity contribution in [2.75, 3.05) is 39.6 Å². The van der Waals surface area contributed by atoms with E-state index in [4.69, 9.17) is 28.4 Å². The molecule has 0 bridgehead atoms. The molecule has 4 rings (SSSR count). The van der Waals surface area contributed by atoms with Crippen LogP contribution in [0.5, 0.6) is 34.5 Å². The summed E-state index contributed by atoms with van der Waals surface area (Å²) in [6.07, 6.45) is 25.1. The van der Waals surface area contributed by atoms with Crippen LogP contribution in [0.1, 0.15) is 190 Å². The van der Waals surface area contributed by atoms with Crippen molar-refractivity contribution in [1.82, 2.24) is 0 Å². The van der Waals surface area contributed by atoms with Gasteiger partial charge < -0.3 is 28.4 Å². The Balaban J connectivity index is 1.96. The minimum Gasteiger partial charge on any atom is -0.490 e. The normalized spacial score (nSPS) is 11.6. The van der Waals surface area contributed by atoms with E-state index in [0.717, 1.165) is 144 Å². The molecule has 0 saturated carbocycles. The first-order valence-electron chi connectivity index (χ1n) is 24.8. The lowest BCUT2D eigenvalue weighted by Crippen LogP contribution is -2.05. The topological polar surface area (TPSA) is 55.4 Å². The van der Waals surface area contributed by atoms with Crippen LogP contribution in [-0.4, -0.2) is 39.6 Å².